The topological polar surface area (TPSA) is 45.7 Å². The summed E-state index contributed by atoms with van der Waals surface area (Å²) in [5.41, 5.74) is 2.84. The standard InChI is InChI=1S/C23H21FN2OS/c24-17-10-12-18(13-11-17)25-23(27)22(16-6-2-1-3-7-16)26-20-14-15-28-21-9-5-4-8-19(20)21/h1-13,20,22,26H,14-15H2,(H,25,27)/p+1/t20-,22-/m0/s1. The molecule has 1 aliphatic rings. The second-order valence-electron chi connectivity index (χ2n) is 6.86. The molecule has 142 valence electrons. The molecule has 5 heteroatoms. The molecule has 0 spiro atoms. The summed E-state index contributed by atoms with van der Waals surface area (Å²) < 4.78 is 13.2. The number of hydrogen-bond acceptors (Lipinski definition) is 2. The molecule has 0 saturated carbocycles. The number of thioether (sulfide) groups is 1. The molecule has 3 nitrogen and oxygen atoms in total. The van der Waals surface area contributed by atoms with E-state index in [2.05, 4.69) is 34.9 Å². The van der Waals surface area contributed by atoms with Crippen molar-refractivity contribution in [2.45, 2.75) is 23.4 Å². The first-order valence-electron chi connectivity index (χ1n) is 9.39. The molecule has 0 bridgehead atoms. The highest BCUT2D eigenvalue weighted by Crippen LogP contribution is 2.34. The summed E-state index contributed by atoms with van der Waals surface area (Å²) in [6, 6.07) is 24.0. The molecule has 2 atom stereocenters. The lowest BCUT2D eigenvalue weighted by atomic mass is 9.99. The summed E-state index contributed by atoms with van der Waals surface area (Å²) in [5, 5.41) is 5.10. The van der Waals surface area contributed by atoms with Crippen LogP contribution in [0.25, 0.3) is 0 Å². The Morgan fingerprint density at radius 2 is 1.71 bits per heavy atom. The van der Waals surface area contributed by atoms with E-state index in [9.17, 15) is 9.18 Å². The highest BCUT2D eigenvalue weighted by Gasteiger charge is 2.31. The number of halogens is 1. The van der Waals surface area contributed by atoms with E-state index in [1.807, 2.05) is 42.1 Å². The van der Waals surface area contributed by atoms with Gasteiger partial charge in [-0.2, -0.15) is 0 Å². The first kappa shape index (κ1) is 18.7. The Hall–Kier alpha value is -2.63. The number of nitrogens with one attached hydrogen (secondary N) is 1. The van der Waals surface area contributed by atoms with Crippen molar-refractivity contribution >= 4 is 23.4 Å². The average molecular weight is 394 g/mol. The van der Waals surface area contributed by atoms with Crippen molar-refractivity contribution in [3.63, 3.8) is 0 Å². The third kappa shape index (κ3) is 4.26. The molecule has 1 heterocycles. The number of amides is 1. The summed E-state index contributed by atoms with van der Waals surface area (Å²) in [6.45, 7) is 0. The summed E-state index contributed by atoms with van der Waals surface area (Å²) in [5.74, 6) is 0.619. The second-order valence-corrected chi connectivity index (χ2v) is 8.00. The van der Waals surface area contributed by atoms with Crippen LogP contribution in [-0.2, 0) is 4.79 Å². The zero-order valence-electron chi connectivity index (χ0n) is 15.3. The number of benzene rings is 3. The monoisotopic (exact) mass is 393 g/mol. The molecule has 1 aliphatic heterocycles. The van der Waals surface area contributed by atoms with Crippen LogP contribution in [0.1, 0.15) is 29.6 Å². The maximum absolute atomic E-state index is 13.2. The Bertz CT molecular complexity index is 946. The zero-order valence-corrected chi connectivity index (χ0v) is 16.2. The van der Waals surface area contributed by atoms with Gasteiger partial charge in [-0.25, -0.2) is 4.39 Å². The maximum atomic E-state index is 13.2. The van der Waals surface area contributed by atoms with Crippen LogP contribution in [0.2, 0.25) is 0 Å². The molecular formula is C23H22FN2OS+. The van der Waals surface area contributed by atoms with Crippen molar-refractivity contribution in [1.29, 1.82) is 0 Å². The normalized spacial score (nSPS) is 16.8. The van der Waals surface area contributed by atoms with Gasteiger partial charge in [0, 0.05) is 33.9 Å². The highest BCUT2D eigenvalue weighted by molar-refractivity contribution is 7.99. The van der Waals surface area contributed by atoms with Gasteiger partial charge >= 0.3 is 0 Å². The van der Waals surface area contributed by atoms with Crippen molar-refractivity contribution in [2.75, 3.05) is 11.1 Å². The first-order valence-corrected chi connectivity index (χ1v) is 10.4. The van der Waals surface area contributed by atoms with Crippen LogP contribution >= 0.6 is 11.8 Å². The van der Waals surface area contributed by atoms with Crippen molar-refractivity contribution < 1.29 is 14.5 Å². The van der Waals surface area contributed by atoms with Crippen molar-refractivity contribution in [1.82, 2.24) is 0 Å². The number of carbonyl (C=O) groups excluding carboxylic acids is 1. The van der Waals surface area contributed by atoms with E-state index in [1.54, 1.807) is 12.1 Å². The van der Waals surface area contributed by atoms with Crippen LogP contribution in [0.5, 0.6) is 0 Å². The highest BCUT2D eigenvalue weighted by atomic mass is 32.2. The number of hydrogen-bond donors (Lipinski definition) is 2. The molecule has 3 aromatic rings. The van der Waals surface area contributed by atoms with Gasteiger partial charge in [0.2, 0.25) is 0 Å². The number of anilines is 1. The fourth-order valence-corrected chi connectivity index (χ4v) is 4.72. The molecule has 28 heavy (non-hydrogen) atoms. The van der Waals surface area contributed by atoms with Gasteiger partial charge in [0.25, 0.3) is 5.91 Å². The van der Waals surface area contributed by atoms with Gasteiger partial charge in [-0.1, -0.05) is 48.5 Å². The Morgan fingerprint density at radius 1 is 1.00 bits per heavy atom. The van der Waals surface area contributed by atoms with Gasteiger partial charge in [-0.3, -0.25) is 4.79 Å². The molecule has 3 aromatic carbocycles. The van der Waals surface area contributed by atoms with Crippen LogP contribution in [-0.4, -0.2) is 11.7 Å². The summed E-state index contributed by atoms with van der Waals surface area (Å²) >= 11 is 1.87. The van der Waals surface area contributed by atoms with Crippen LogP contribution in [0, 0.1) is 5.82 Å². The number of rotatable bonds is 5. The van der Waals surface area contributed by atoms with Gasteiger partial charge in [-0.15, -0.1) is 11.8 Å². The number of fused-ring (bicyclic) bond motifs is 1. The van der Waals surface area contributed by atoms with Gasteiger partial charge in [0.15, 0.2) is 6.04 Å². The third-order valence-corrected chi connectivity index (χ3v) is 6.11. The van der Waals surface area contributed by atoms with Crippen molar-refractivity contribution in [3.05, 3.63) is 95.8 Å². The third-order valence-electron chi connectivity index (χ3n) is 4.98. The van der Waals surface area contributed by atoms with Gasteiger partial charge < -0.3 is 10.6 Å². The number of nitrogens with two attached hydrogens (primary N) is 1. The molecule has 4 rings (SSSR count). The quantitative estimate of drug-likeness (QED) is 0.679. The van der Waals surface area contributed by atoms with Gasteiger partial charge in [0.05, 0.1) is 0 Å². The smallest absolute Gasteiger partial charge is 0.287 e. The van der Waals surface area contributed by atoms with Gasteiger partial charge in [-0.05, 0) is 30.3 Å². The minimum Gasteiger partial charge on any atom is -0.326 e. The lowest BCUT2D eigenvalue weighted by Crippen LogP contribution is -2.88. The number of carbonyl (C=O) groups is 1. The molecule has 0 radical (unpaired) electrons. The van der Waals surface area contributed by atoms with E-state index < -0.39 is 0 Å². The molecular weight excluding hydrogens is 371 g/mol. The Labute approximate surface area is 168 Å². The fourth-order valence-electron chi connectivity index (χ4n) is 3.57. The molecule has 0 unspecified atom stereocenters. The largest absolute Gasteiger partial charge is 0.326 e. The lowest BCUT2D eigenvalue weighted by Gasteiger charge is -2.27. The maximum Gasteiger partial charge on any atom is 0.287 e. The Morgan fingerprint density at radius 3 is 2.50 bits per heavy atom. The van der Waals surface area contributed by atoms with E-state index in [0.29, 0.717) is 5.69 Å². The first-order chi connectivity index (χ1) is 13.7. The predicted molar refractivity (Wildman–Crippen MR) is 111 cm³/mol. The predicted octanol–water partition coefficient (Wildman–Crippen LogP) is 4.31. The lowest BCUT2D eigenvalue weighted by molar-refractivity contribution is -0.722. The molecule has 0 fully saturated rings. The summed E-state index contributed by atoms with van der Waals surface area (Å²) in [7, 11) is 0. The minimum atomic E-state index is -0.382. The Balaban J connectivity index is 1.60. The van der Waals surface area contributed by atoms with E-state index in [4.69, 9.17) is 0 Å². The average Bonchev–Trinajstić information content (AvgIpc) is 2.74. The van der Waals surface area contributed by atoms with Crippen LogP contribution in [0.3, 0.4) is 0 Å². The molecule has 3 N–H and O–H groups in total. The van der Waals surface area contributed by atoms with Gasteiger partial charge in [0.1, 0.15) is 11.9 Å². The van der Waals surface area contributed by atoms with E-state index in [-0.39, 0.29) is 23.8 Å². The molecule has 0 aromatic heterocycles. The fraction of sp³-hybridized carbons (Fsp3) is 0.174. The second kappa shape index (κ2) is 8.59. The Kier molecular flexibility index (Phi) is 5.74. The SMILES string of the molecule is O=C(Nc1ccc(F)cc1)[C@@H]([NH2+][C@H]1CCSc2ccccc21)c1ccccc1. The van der Waals surface area contributed by atoms with Crippen LogP contribution in [0.4, 0.5) is 10.1 Å². The molecule has 0 saturated heterocycles. The molecule has 1 amide bonds. The van der Waals surface area contributed by atoms with Crippen LogP contribution < -0.4 is 10.6 Å². The van der Waals surface area contributed by atoms with Crippen molar-refractivity contribution in [3.8, 4) is 0 Å². The minimum absolute atomic E-state index is 0.103. The van der Waals surface area contributed by atoms with E-state index in [1.165, 1.54) is 22.6 Å². The molecule has 0 aliphatic carbocycles. The zero-order chi connectivity index (χ0) is 19.3. The van der Waals surface area contributed by atoms with Crippen molar-refractivity contribution in [2.24, 2.45) is 0 Å². The van der Waals surface area contributed by atoms with E-state index >= 15 is 0 Å². The summed E-state index contributed by atoms with van der Waals surface area (Å²) in [4.78, 5) is 14.4. The van der Waals surface area contributed by atoms with Crippen LogP contribution in [0.15, 0.2) is 83.8 Å². The number of quaternary nitrogens is 1. The van der Waals surface area contributed by atoms with E-state index in [0.717, 1.165) is 17.7 Å². The summed E-state index contributed by atoms with van der Waals surface area (Å²) in [6.07, 6.45) is 1.01.